The normalized spacial score (nSPS) is 13.9. The second-order valence-electron chi connectivity index (χ2n) is 5.09. The van der Waals surface area contributed by atoms with Crippen molar-refractivity contribution in [2.24, 2.45) is 0 Å². The van der Waals surface area contributed by atoms with E-state index in [1.54, 1.807) is 7.11 Å². The first-order chi connectivity index (χ1) is 9.76. The molecule has 1 aromatic carbocycles. The molecule has 0 amide bonds. The fourth-order valence-electron chi connectivity index (χ4n) is 2.64. The van der Waals surface area contributed by atoms with Crippen LogP contribution in [0.25, 0.3) is 0 Å². The zero-order valence-electron chi connectivity index (χ0n) is 11.5. The minimum Gasteiger partial charge on any atom is -0.497 e. The smallest absolute Gasteiger partial charge is 0.136 e. The van der Waals surface area contributed by atoms with Gasteiger partial charge in [0.2, 0.25) is 0 Å². The highest BCUT2D eigenvalue weighted by atomic mass is 35.5. The van der Waals surface area contributed by atoms with Crippen LogP contribution < -0.4 is 4.74 Å². The van der Waals surface area contributed by atoms with Crippen LogP contribution in [0.2, 0.25) is 5.15 Å². The van der Waals surface area contributed by atoms with Gasteiger partial charge in [0.25, 0.3) is 0 Å². The number of aryl methyl sites for hydroxylation is 1. The lowest BCUT2D eigenvalue weighted by Gasteiger charge is -2.16. The summed E-state index contributed by atoms with van der Waals surface area (Å²) < 4.78 is 5.24. The molecule has 0 saturated carbocycles. The molecule has 0 saturated heterocycles. The molecule has 0 atom stereocenters. The highest BCUT2D eigenvalue weighted by Gasteiger charge is 2.16. The van der Waals surface area contributed by atoms with E-state index in [4.69, 9.17) is 16.3 Å². The maximum Gasteiger partial charge on any atom is 0.136 e. The van der Waals surface area contributed by atoms with Crippen LogP contribution in [0, 0.1) is 0 Å². The molecule has 0 spiro atoms. The molecule has 0 radical (unpaired) electrons. The molecule has 0 fully saturated rings. The monoisotopic (exact) mass is 288 g/mol. The fourth-order valence-corrected chi connectivity index (χ4v) is 2.94. The summed E-state index contributed by atoms with van der Waals surface area (Å²) in [6, 6.07) is 7.98. The van der Waals surface area contributed by atoms with Crippen LogP contribution in [-0.2, 0) is 19.3 Å². The van der Waals surface area contributed by atoms with Gasteiger partial charge in [-0.2, -0.15) is 0 Å². The van der Waals surface area contributed by atoms with Crippen LogP contribution in [0.15, 0.2) is 24.3 Å². The molecule has 4 heteroatoms. The van der Waals surface area contributed by atoms with Gasteiger partial charge in [0.15, 0.2) is 0 Å². The minimum absolute atomic E-state index is 0.632. The molecule has 20 heavy (non-hydrogen) atoms. The topological polar surface area (TPSA) is 35.0 Å². The maximum absolute atomic E-state index is 6.30. The van der Waals surface area contributed by atoms with Crippen molar-refractivity contribution in [1.82, 2.24) is 9.97 Å². The van der Waals surface area contributed by atoms with E-state index < -0.39 is 0 Å². The van der Waals surface area contributed by atoms with Crippen LogP contribution in [0.5, 0.6) is 5.75 Å². The summed E-state index contributed by atoms with van der Waals surface area (Å²) in [6.45, 7) is 0. The van der Waals surface area contributed by atoms with Crippen LogP contribution >= 0.6 is 11.6 Å². The summed E-state index contributed by atoms with van der Waals surface area (Å²) in [5.74, 6) is 1.65. The molecule has 1 aliphatic rings. The number of fused-ring (bicyclic) bond motifs is 1. The van der Waals surface area contributed by atoms with Gasteiger partial charge in [-0.25, -0.2) is 9.97 Å². The summed E-state index contributed by atoms with van der Waals surface area (Å²) in [7, 11) is 1.67. The first-order valence-corrected chi connectivity index (χ1v) is 7.31. The van der Waals surface area contributed by atoms with Gasteiger partial charge in [-0.1, -0.05) is 23.7 Å². The number of aromatic nitrogens is 2. The number of benzene rings is 1. The van der Waals surface area contributed by atoms with Crippen molar-refractivity contribution in [3.8, 4) is 5.75 Å². The Kier molecular flexibility index (Phi) is 3.88. The van der Waals surface area contributed by atoms with E-state index >= 15 is 0 Å². The van der Waals surface area contributed by atoms with Crippen molar-refractivity contribution in [1.29, 1.82) is 0 Å². The Morgan fingerprint density at radius 2 is 2.05 bits per heavy atom. The molecular weight excluding hydrogens is 272 g/mol. The number of halogens is 1. The second kappa shape index (κ2) is 5.80. The number of hydrogen-bond donors (Lipinski definition) is 0. The zero-order chi connectivity index (χ0) is 13.9. The lowest BCUT2D eigenvalue weighted by molar-refractivity contribution is 0.414. The third kappa shape index (κ3) is 2.78. The number of methoxy groups -OCH3 is 1. The molecule has 0 unspecified atom stereocenters. The Bertz CT molecular complexity index is 628. The van der Waals surface area contributed by atoms with E-state index in [0.29, 0.717) is 11.6 Å². The zero-order valence-corrected chi connectivity index (χ0v) is 12.3. The van der Waals surface area contributed by atoms with Crippen molar-refractivity contribution in [2.45, 2.75) is 32.1 Å². The van der Waals surface area contributed by atoms with E-state index in [0.717, 1.165) is 41.2 Å². The molecule has 3 rings (SSSR count). The van der Waals surface area contributed by atoms with Gasteiger partial charge in [-0.05, 0) is 43.4 Å². The second-order valence-corrected chi connectivity index (χ2v) is 5.45. The molecule has 0 N–H and O–H groups in total. The van der Waals surface area contributed by atoms with Crippen molar-refractivity contribution in [2.75, 3.05) is 7.11 Å². The highest BCUT2D eigenvalue weighted by molar-refractivity contribution is 6.30. The SMILES string of the molecule is COc1cccc(Cc2nc(Cl)c3c(n2)CCCC3)c1. The molecule has 2 aromatic rings. The van der Waals surface area contributed by atoms with Crippen molar-refractivity contribution in [3.63, 3.8) is 0 Å². The Labute approximate surface area is 124 Å². The lowest BCUT2D eigenvalue weighted by Crippen LogP contribution is -2.10. The molecule has 1 aromatic heterocycles. The van der Waals surface area contributed by atoms with E-state index in [1.807, 2.05) is 18.2 Å². The summed E-state index contributed by atoms with van der Waals surface area (Å²) >= 11 is 6.30. The van der Waals surface area contributed by atoms with Gasteiger partial charge in [0, 0.05) is 17.7 Å². The first-order valence-electron chi connectivity index (χ1n) is 6.93. The first kappa shape index (κ1) is 13.4. The third-order valence-electron chi connectivity index (χ3n) is 3.68. The van der Waals surface area contributed by atoms with Crippen LogP contribution in [-0.4, -0.2) is 17.1 Å². The molecular formula is C16H17ClN2O. The lowest BCUT2D eigenvalue weighted by atomic mass is 9.97. The largest absolute Gasteiger partial charge is 0.497 e. The predicted molar refractivity (Wildman–Crippen MR) is 79.5 cm³/mol. The number of nitrogens with zero attached hydrogens (tertiary/aromatic N) is 2. The third-order valence-corrected chi connectivity index (χ3v) is 3.99. The Hall–Kier alpha value is -1.61. The highest BCUT2D eigenvalue weighted by Crippen LogP contribution is 2.26. The van der Waals surface area contributed by atoms with Gasteiger partial charge in [0.05, 0.1) is 7.11 Å². The average Bonchev–Trinajstić information content (AvgIpc) is 2.47. The summed E-state index contributed by atoms with van der Waals surface area (Å²) in [6.07, 6.45) is 5.09. The predicted octanol–water partition coefficient (Wildman–Crippen LogP) is 3.61. The molecule has 0 bridgehead atoms. The van der Waals surface area contributed by atoms with E-state index in [2.05, 4.69) is 16.0 Å². The van der Waals surface area contributed by atoms with Crippen LogP contribution in [0.1, 0.15) is 35.5 Å². The van der Waals surface area contributed by atoms with E-state index in [9.17, 15) is 0 Å². The van der Waals surface area contributed by atoms with Gasteiger partial charge >= 0.3 is 0 Å². The molecule has 1 aliphatic carbocycles. The van der Waals surface area contributed by atoms with Crippen molar-refractivity contribution < 1.29 is 4.74 Å². The maximum atomic E-state index is 6.30. The van der Waals surface area contributed by atoms with Crippen molar-refractivity contribution in [3.05, 3.63) is 52.1 Å². The van der Waals surface area contributed by atoms with Gasteiger partial charge in [-0.15, -0.1) is 0 Å². The summed E-state index contributed by atoms with van der Waals surface area (Å²) in [5.41, 5.74) is 3.41. The Balaban J connectivity index is 1.89. The Morgan fingerprint density at radius 1 is 1.20 bits per heavy atom. The standard InChI is InChI=1S/C16H17ClN2O/c1-20-12-6-4-5-11(9-12)10-15-18-14-8-3-2-7-13(14)16(17)19-15/h4-6,9H,2-3,7-8,10H2,1H3. The van der Waals surface area contributed by atoms with Gasteiger partial charge < -0.3 is 4.74 Å². The minimum atomic E-state index is 0.632. The quantitative estimate of drug-likeness (QED) is 0.809. The average molecular weight is 289 g/mol. The summed E-state index contributed by atoms with van der Waals surface area (Å²) in [4.78, 5) is 9.14. The number of hydrogen-bond acceptors (Lipinski definition) is 3. The van der Waals surface area contributed by atoms with Crippen molar-refractivity contribution >= 4 is 11.6 Å². The van der Waals surface area contributed by atoms with E-state index in [-0.39, 0.29) is 0 Å². The Morgan fingerprint density at radius 3 is 2.90 bits per heavy atom. The molecule has 1 heterocycles. The van der Waals surface area contributed by atoms with Gasteiger partial charge in [-0.3, -0.25) is 0 Å². The number of rotatable bonds is 3. The van der Waals surface area contributed by atoms with E-state index in [1.165, 1.54) is 12.8 Å². The summed E-state index contributed by atoms with van der Waals surface area (Å²) in [5, 5.41) is 0.632. The molecule has 3 nitrogen and oxygen atoms in total. The van der Waals surface area contributed by atoms with Gasteiger partial charge in [0.1, 0.15) is 16.7 Å². The fraction of sp³-hybridized carbons (Fsp3) is 0.375. The molecule has 0 aliphatic heterocycles. The van der Waals surface area contributed by atoms with Crippen LogP contribution in [0.3, 0.4) is 0 Å². The molecule has 104 valence electrons. The van der Waals surface area contributed by atoms with Crippen LogP contribution in [0.4, 0.5) is 0 Å². The number of ether oxygens (including phenoxy) is 1.